The van der Waals surface area contributed by atoms with Crippen LogP contribution in [0.5, 0.6) is 0 Å². The monoisotopic (exact) mass is 284 g/mol. The fourth-order valence-electron chi connectivity index (χ4n) is 1.90. The number of rotatable bonds is 7. The smallest absolute Gasteiger partial charge is 0.243 e. The van der Waals surface area contributed by atoms with E-state index in [-0.39, 0.29) is 5.91 Å². The second-order valence-corrected chi connectivity index (χ2v) is 6.19. The van der Waals surface area contributed by atoms with Crippen LogP contribution in [0.15, 0.2) is 0 Å². The minimum Gasteiger partial charge on any atom is -0.320 e. The first-order valence-corrected chi connectivity index (χ1v) is 7.69. The molecule has 1 heterocycles. The lowest BCUT2D eigenvalue weighted by Gasteiger charge is -2.12. The molecule has 1 aromatic rings. The van der Waals surface area contributed by atoms with E-state index in [1.165, 1.54) is 11.3 Å². The fourth-order valence-corrected chi connectivity index (χ4v) is 2.91. The number of hydrogen-bond donors (Lipinski definition) is 2. The first kappa shape index (κ1) is 16.0. The highest BCUT2D eigenvalue weighted by atomic mass is 32.1. The Morgan fingerprint density at radius 3 is 2.47 bits per heavy atom. The average Bonchev–Trinajstić information content (AvgIpc) is 2.78. The van der Waals surface area contributed by atoms with Crippen molar-refractivity contribution in [1.29, 1.82) is 0 Å². The van der Waals surface area contributed by atoms with Gasteiger partial charge >= 0.3 is 0 Å². The maximum atomic E-state index is 11.9. The van der Waals surface area contributed by atoms with Gasteiger partial charge in [0.1, 0.15) is 5.01 Å². The summed E-state index contributed by atoms with van der Waals surface area (Å²) in [6, 6.07) is -0.486. The zero-order chi connectivity index (χ0) is 14.4. The molecule has 3 N–H and O–H groups in total. The average molecular weight is 284 g/mol. The molecule has 1 rings (SSSR count). The second-order valence-electron chi connectivity index (χ2n) is 5.18. The largest absolute Gasteiger partial charge is 0.320 e. The lowest BCUT2D eigenvalue weighted by atomic mass is 10.0. The molecule has 0 unspecified atom stereocenters. The molecule has 108 valence electrons. The lowest BCUT2D eigenvalue weighted by Crippen LogP contribution is -2.36. The number of anilines is 1. The molecule has 1 aromatic heterocycles. The highest BCUT2D eigenvalue weighted by Crippen LogP contribution is 2.28. The number of carbonyl (C=O) groups is 1. The predicted octanol–water partition coefficient (Wildman–Crippen LogP) is 2.75. The van der Waals surface area contributed by atoms with Gasteiger partial charge in [-0.05, 0) is 25.2 Å². The number of hydrogen-bond acceptors (Lipinski definition) is 5. The maximum absolute atomic E-state index is 11.9. The molecule has 0 aliphatic rings. The Morgan fingerprint density at radius 1 is 1.32 bits per heavy atom. The van der Waals surface area contributed by atoms with Crippen molar-refractivity contribution >= 4 is 22.4 Å². The van der Waals surface area contributed by atoms with Gasteiger partial charge in [-0.3, -0.25) is 10.1 Å². The molecule has 0 aromatic carbocycles. The lowest BCUT2D eigenvalue weighted by molar-refractivity contribution is -0.117. The highest BCUT2D eigenvalue weighted by molar-refractivity contribution is 7.15. The SMILES string of the molecule is CCC(CC)c1nnc(NC(=O)[C@@H](N)CC(C)C)s1. The molecular formula is C13H24N4OS. The molecule has 0 saturated heterocycles. The molecule has 0 spiro atoms. The van der Waals surface area contributed by atoms with Gasteiger partial charge in [0.2, 0.25) is 11.0 Å². The van der Waals surface area contributed by atoms with E-state index in [4.69, 9.17) is 5.73 Å². The van der Waals surface area contributed by atoms with Gasteiger partial charge in [0.25, 0.3) is 0 Å². The van der Waals surface area contributed by atoms with Crippen LogP contribution in [0.2, 0.25) is 0 Å². The third-order valence-corrected chi connectivity index (χ3v) is 4.07. The Labute approximate surface area is 119 Å². The normalized spacial score (nSPS) is 13.0. The van der Waals surface area contributed by atoms with Gasteiger partial charge in [-0.1, -0.05) is 39.0 Å². The summed E-state index contributed by atoms with van der Waals surface area (Å²) < 4.78 is 0. The van der Waals surface area contributed by atoms with Gasteiger partial charge in [-0.15, -0.1) is 10.2 Å². The van der Waals surface area contributed by atoms with Crippen LogP contribution in [0.25, 0.3) is 0 Å². The van der Waals surface area contributed by atoms with Crippen LogP contribution in [-0.2, 0) is 4.79 Å². The van der Waals surface area contributed by atoms with E-state index in [0.29, 0.717) is 23.4 Å². The van der Waals surface area contributed by atoms with Crippen LogP contribution in [0, 0.1) is 5.92 Å². The molecule has 1 atom stereocenters. The van der Waals surface area contributed by atoms with Gasteiger partial charge in [-0.2, -0.15) is 0 Å². The topological polar surface area (TPSA) is 80.9 Å². The highest BCUT2D eigenvalue weighted by Gasteiger charge is 2.18. The van der Waals surface area contributed by atoms with E-state index >= 15 is 0 Å². The van der Waals surface area contributed by atoms with Crippen molar-refractivity contribution in [3.63, 3.8) is 0 Å². The number of nitrogens with one attached hydrogen (secondary N) is 1. The first-order valence-electron chi connectivity index (χ1n) is 6.87. The van der Waals surface area contributed by atoms with Crippen LogP contribution >= 0.6 is 11.3 Å². The minimum atomic E-state index is -0.486. The molecule has 6 heteroatoms. The number of carbonyl (C=O) groups excluding carboxylic acids is 1. The third-order valence-electron chi connectivity index (χ3n) is 3.07. The van der Waals surface area contributed by atoms with E-state index < -0.39 is 6.04 Å². The van der Waals surface area contributed by atoms with E-state index in [1.54, 1.807) is 0 Å². The van der Waals surface area contributed by atoms with Gasteiger partial charge in [0, 0.05) is 5.92 Å². The summed E-state index contributed by atoms with van der Waals surface area (Å²) in [6.45, 7) is 8.35. The van der Waals surface area contributed by atoms with E-state index in [1.807, 2.05) is 13.8 Å². The van der Waals surface area contributed by atoms with Gasteiger partial charge in [0.05, 0.1) is 6.04 Å². The van der Waals surface area contributed by atoms with Crippen LogP contribution in [0.3, 0.4) is 0 Å². The number of nitrogens with two attached hydrogens (primary N) is 1. The minimum absolute atomic E-state index is 0.180. The Morgan fingerprint density at radius 2 is 1.95 bits per heavy atom. The van der Waals surface area contributed by atoms with Crippen molar-refractivity contribution in [1.82, 2.24) is 10.2 Å². The summed E-state index contributed by atoms with van der Waals surface area (Å²) in [6.07, 6.45) is 2.74. The van der Waals surface area contributed by atoms with Crippen LogP contribution in [-0.4, -0.2) is 22.1 Å². The van der Waals surface area contributed by atoms with Crippen molar-refractivity contribution in [2.45, 2.75) is 58.9 Å². The summed E-state index contributed by atoms with van der Waals surface area (Å²) in [5.41, 5.74) is 5.83. The molecule has 5 nitrogen and oxygen atoms in total. The van der Waals surface area contributed by atoms with E-state index in [2.05, 4.69) is 29.4 Å². The number of nitrogens with zero attached hydrogens (tertiary/aromatic N) is 2. The molecule has 0 radical (unpaired) electrons. The summed E-state index contributed by atoms with van der Waals surface area (Å²) >= 11 is 1.45. The van der Waals surface area contributed by atoms with Crippen LogP contribution in [0.1, 0.15) is 57.9 Å². The molecule has 0 aliphatic carbocycles. The Balaban J connectivity index is 2.60. The molecule has 0 fully saturated rings. The van der Waals surface area contributed by atoms with Crippen molar-refractivity contribution < 1.29 is 4.79 Å². The van der Waals surface area contributed by atoms with Crippen molar-refractivity contribution in [3.8, 4) is 0 Å². The molecular weight excluding hydrogens is 260 g/mol. The quantitative estimate of drug-likeness (QED) is 0.806. The molecule has 0 saturated carbocycles. The Kier molecular flexibility index (Phi) is 6.37. The van der Waals surface area contributed by atoms with Crippen LogP contribution in [0.4, 0.5) is 5.13 Å². The fraction of sp³-hybridized carbons (Fsp3) is 0.769. The third kappa shape index (κ3) is 4.87. The molecule has 1 amide bonds. The summed E-state index contributed by atoms with van der Waals surface area (Å²) in [4.78, 5) is 11.9. The van der Waals surface area contributed by atoms with Gasteiger partial charge in [0.15, 0.2) is 0 Å². The Bertz CT molecular complexity index is 401. The number of aromatic nitrogens is 2. The van der Waals surface area contributed by atoms with Crippen molar-refractivity contribution in [3.05, 3.63) is 5.01 Å². The summed E-state index contributed by atoms with van der Waals surface area (Å²) in [5.74, 6) is 0.642. The second kappa shape index (κ2) is 7.55. The first-order chi connectivity index (χ1) is 8.97. The Hall–Kier alpha value is -1.01. The van der Waals surface area contributed by atoms with Crippen molar-refractivity contribution in [2.24, 2.45) is 11.7 Å². The van der Waals surface area contributed by atoms with Gasteiger partial charge < -0.3 is 5.73 Å². The number of amides is 1. The molecule has 0 aliphatic heterocycles. The zero-order valence-electron chi connectivity index (χ0n) is 12.1. The van der Waals surface area contributed by atoms with E-state index in [0.717, 1.165) is 17.8 Å². The summed E-state index contributed by atoms with van der Waals surface area (Å²) in [5, 5.41) is 12.4. The van der Waals surface area contributed by atoms with Gasteiger partial charge in [-0.25, -0.2) is 0 Å². The molecule has 19 heavy (non-hydrogen) atoms. The predicted molar refractivity (Wildman–Crippen MR) is 79.3 cm³/mol. The summed E-state index contributed by atoms with van der Waals surface area (Å²) in [7, 11) is 0. The van der Waals surface area contributed by atoms with Crippen molar-refractivity contribution in [2.75, 3.05) is 5.32 Å². The van der Waals surface area contributed by atoms with E-state index in [9.17, 15) is 4.79 Å². The molecule has 0 bridgehead atoms. The standard InChI is InChI=1S/C13H24N4OS/c1-5-9(6-2)12-16-17-13(19-12)15-11(18)10(14)7-8(3)4/h8-10H,5-7,14H2,1-4H3,(H,15,17,18)/t10-/m0/s1. The van der Waals surface area contributed by atoms with Crippen LogP contribution < -0.4 is 11.1 Å². The zero-order valence-corrected chi connectivity index (χ0v) is 13.0. The maximum Gasteiger partial charge on any atom is 0.243 e.